The third-order valence-electron chi connectivity index (χ3n) is 3.66. The van der Waals surface area contributed by atoms with Crippen LogP contribution < -0.4 is 5.63 Å². The molecule has 112 valence electrons. The van der Waals surface area contributed by atoms with Gasteiger partial charge in [-0.2, -0.15) is 0 Å². The number of alkyl halides is 2. The summed E-state index contributed by atoms with van der Waals surface area (Å²) in [5.74, 6) is 0. The zero-order valence-corrected chi connectivity index (χ0v) is 12.2. The van der Waals surface area contributed by atoms with Crippen LogP contribution in [0.4, 0.5) is 8.78 Å². The maximum atomic E-state index is 13.4. The van der Waals surface area contributed by atoms with Gasteiger partial charge in [0.25, 0.3) is 6.43 Å². The Labute approximate surface area is 126 Å². The maximum Gasteiger partial charge on any atom is 0.345 e. The summed E-state index contributed by atoms with van der Waals surface area (Å²) < 4.78 is 31.9. The Bertz CT molecular complexity index is 893. The SMILES string of the molecule is Cc1ccc(-c2c(C(F)F)c(=O)oc3cc(C)ccc23)cc1. The highest BCUT2D eigenvalue weighted by atomic mass is 19.3. The predicted molar refractivity (Wildman–Crippen MR) is 82.4 cm³/mol. The summed E-state index contributed by atoms with van der Waals surface area (Å²) in [6.07, 6.45) is -2.89. The highest BCUT2D eigenvalue weighted by Crippen LogP contribution is 2.35. The average Bonchev–Trinajstić information content (AvgIpc) is 2.46. The van der Waals surface area contributed by atoms with Gasteiger partial charge in [0.05, 0.1) is 0 Å². The summed E-state index contributed by atoms with van der Waals surface area (Å²) in [6, 6.07) is 12.4. The van der Waals surface area contributed by atoms with E-state index in [9.17, 15) is 13.6 Å². The van der Waals surface area contributed by atoms with Crippen molar-refractivity contribution in [3.63, 3.8) is 0 Å². The Kier molecular flexibility index (Phi) is 3.53. The van der Waals surface area contributed by atoms with E-state index in [-0.39, 0.29) is 5.56 Å². The van der Waals surface area contributed by atoms with E-state index in [0.717, 1.165) is 11.1 Å². The van der Waals surface area contributed by atoms with Crippen molar-refractivity contribution in [3.05, 3.63) is 69.6 Å². The van der Waals surface area contributed by atoms with Crippen LogP contribution in [0, 0.1) is 13.8 Å². The second kappa shape index (κ2) is 5.37. The topological polar surface area (TPSA) is 30.2 Å². The van der Waals surface area contributed by atoms with Gasteiger partial charge < -0.3 is 4.42 Å². The molecule has 1 heterocycles. The monoisotopic (exact) mass is 300 g/mol. The zero-order chi connectivity index (χ0) is 15.9. The molecule has 0 bridgehead atoms. The second-order valence-corrected chi connectivity index (χ2v) is 5.34. The molecule has 0 amide bonds. The minimum Gasteiger partial charge on any atom is -0.422 e. The lowest BCUT2D eigenvalue weighted by atomic mass is 9.96. The summed E-state index contributed by atoms with van der Waals surface area (Å²) in [5, 5.41) is 0.518. The van der Waals surface area contributed by atoms with Gasteiger partial charge in [0.15, 0.2) is 0 Å². The Morgan fingerprint density at radius 3 is 2.23 bits per heavy atom. The van der Waals surface area contributed by atoms with Crippen molar-refractivity contribution >= 4 is 11.0 Å². The molecule has 1 aromatic heterocycles. The van der Waals surface area contributed by atoms with Crippen molar-refractivity contribution in [1.29, 1.82) is 0 Å². The standard InChI is InChI=1S/C18H14F2O2/c1-10-3-6-12(7-4-10)15-13-8-5-11(2)9-14(13)22-18(21)16(15)17(19)20/h3-9,17H,1-2H3. The number of hydrogen-bond donors (Lipinski definition) is 0. The molecule has 2 nitrogen and oxygen atoms in total. The van der Waals surface area contributed by atoms with Gasteiger partial charge in [0.2, 0.25) is 0 Å². The van der Waals surface area contributed by atoms with Crippen molar-refractivity contribution in [2.24, 2.45) is 0 Å². The molecule has 0 saturated heterocycles. The summed E-state index contributed by atoms with van der Waals surface area (Å²) in [7, 11) is 0. The molecule has 0 N–H and O–H groups in total. The van der Waals surface area contributed by atoms with Crippen LogP contribution in [0.3, 0.4) is 0 Å². The molecule has 0 fully saturated rings. The van der Waals surface area contributed by atoms with E-state index >= 15 is 0 Å². The molecule has 0 atom stereocenters. The first-order valence-corrected chi connectivity index (χ1v) is 6.90. The van der Waals surface area contributed by atoms with E-state index in [4.69, 9.17) is 4.42 Å². The first-order valence-electron chi connectivity index (χ1n) is 6.90. The molecule has 3 rings (SSSR count). The number of aryl methyl sites for hydroxylation is 2. The minimum absolute atomic E-state index is 0.251. The average molecular weight is 300 g/mol. The normalized spacial score (nSPS) is 11.3. The highest BCUT2D eigenvalue weighted by molar-refractivity contribution is 5.95. The van der Waals surface area contributed by atoms with E-state index in [1.54, 1.807) is 24.3 Å². The summed E-state index contributed by atoms with van der Waals surface area (Å²) >= 11 is 0. The van der Waals surface area contributed by atoms with E-state index in [2.05, 4.69) is 0 Å². The van der Waals surface area contributed by atoms with E-state index < -0.39 is 17.6 Å². The summed E-state index contributed by atoms with van der Waals surface area (Å²) in [4.78, 5) is 12.0. The smallest absolute Gasteiger partial charge is 0.345 e. The molecule has 2 aromatic carbocycles. The lowest BCUT2D eigenvalue weighted by molar-refractivity contribution is 0.147. The summed E-state index contributed by atoms with van der Waals surface area (Å²) in [5.41, 5.74) is 1.51. The Morgan fingerprint density at radius 1 is 0.955 bits per heavy atom. The van der Waals surface area contributed by atoms with Crippen LogP contribution in [0.2, 0.25) is 0 Å². The lowest BCUT2D eigenvalue weighted by Crippen LogP contribution is -2.10. The molecule has 0 aliphatic rings. The third-order valence-corrected chi connectivity index (χ3v) is 3.66. The van der Waals surface area contributed by atoms with Crippen molar-refractivity contribution < 1.29 is 13.2 Å². The number of hydrogen-bond acceptors (Lipinski definition) is 2. The Balaban J connectivity index is 2.45. The predicted octanol–water partition coefficient (Wildman–Crippen LogP) is 5.01. The fourth-order valence-corrected chi connectivity index (χ4v) is 2.55. The van der Waals surface area contributed by atoms with E-state index in [1.165, 1.54) is 0 Å². The van der Waals surface area contributed by atoms with Crippen molar-refractivity contribution in [2.75, 3.05) is 0 Å². The fraction of sp³-hybridized carbons (Fsp3) is 0.167. The fourth-order valence-electron chi connectivity index (χ4n) is 2.55. The molecule has 0 unspecified atom stereocenters. The zero-order valence-electron chi connectivity index (χ0n) is 12.2. The highest BCUT2D eigenvalue weighted by Gasteiger charge is 2.23. The quantitative estimate of drug-likeness (QED) is 0.622. The van der Waals surface area contributed by atoms with Gasteiger partial charge in [0.1, 0.15) is 11.1 Å². The van der Waals surface area contributed by atoms with Gasteiger partial charge in [-0.15, -0.1) is 0 Å². The van der Waals surface area contributed by atoms with Gasteiger partial charge in [-0.1, -0.05) is 42.0 Å². The van der Waals surface area contributed by atoms with E-state index in [0.29, 0.717) is 16.5 Å². The first-order chi connectivity index (χ1) is 10.5. The Hall–Kier alpha value is -2.49. The maximum absolute atomic E-state index is 13.4. The van der Waals surface area contributed by atoms with Crippen LogP contribution in [0.15, 0.2) is 51.7 Å². The molecule has 0 radical (unpaired) electrons. The third kappa shape index (κ3) is 2.41. The van der Waals surface area contributed by atoms with Crippen LogP contribution in [-0.2, 0) is 0 Å². The molecule has 0 aliphatic heterocycles. The van der Waals surface area contributed by atoms with Gasteiger partial charge >= 0.3 is 5.63 Å². The van der Waals surface area contributed by atoms with Gasteiger partial charge in [-0.05, 0) is 31.0 Å². The molecule has 22 heavy (non-hydrogen) atoms. The van der Waals surface area contributed by atoms with Gasteiger partial charge in [-0.25, -0.2) is 13.6 Å². The molecule has 4 heteroatoms. The van der Waals surface area contributed by atoms with Crippen molar-refractivity contribution in [1.82, 2.24) is 0 Å². The van der Waals surface area contributed by atoms with Crippen LogP contribution >= 0.6 is 0 Å². The molecular weight excluding hydrogens is 286 g/mol. The van der Waals surface area contributed by atoms with Crippen LogP contribution in [0.5, 0.6) is 0 Å². The summed E-state index contributed by atoms with van der Waals surface area (Å²) in [6.45, 7) is 3.77. The van der Waals surface area contributed by atoms with Crippen LogP contribution in [-0.4, -0.2) is 0 Å². The number of fused-ring (bicyclic) bond motifs is 1. The molecule has 0 aliphatic carbocycles. The van der Waals surface area contributed by atoms with Crippen LogP contribution in [0.1, 0.15) is 23.1 Å². The number of rotatable bonds is 2. The lowest BCUT2D eigenvalue weighted by Gasteiger charge is -2.12. The molecule has 3 aromatic rings. The van der Waals surface area contributed by atoms with E-state index in [1.807, 2.05) is 32.0 Å². The molecule has 0 spiro atoms. The number of benzene rings is 2. The van der Waals surface area contributed by atoms with Crippen molar-refractivity contribution in [3.8, 4) is 11.1 Å². The minimum atomic E-state index is -2.89. The van der Waals surface area contributed by atoms with Gasteiger partial charge in [-0.3, -0.25) is 0 Å². The second-order valence-electron chi connectivity index (χ2n) is 5.34. The van der Waals surface area contributed by atoms with Gasteiger partial charge in [0, 0.05) is 10.9 Å². The first kappa shape index (κ1) is 14.4. The molecular formula is C18H14F2O2. The van der Waals surface area contributed by atoms with Crippen molar-refractivity contribution in [2.45, 2.75) is 20.3 Å². The number of halogens is 2. The van der Waals surface area contributed by atoms with Crippen LogP contribution in [0.25, 0.3) is 22.1 Å². The molecule has 0 saturated carbocycles. The largest absolute Gasteiger partial charge is 0.422 e. The Morgan fingerprint density at radius 2 is 1.59 bits per heavy atom.